The minimum Gasteiger partial charge on any atom is -0.458 e. The van der Waals surface area contributed by atoms with Gasteiger partial charge >= 0.3 is 11.9 Å². The summed E-state index contributed by atoms with van der Waals surface area (Å²) in [6.45, 7) is 16.9. The van der Waals surface area contributed by atoms with Crippen LogP contribution in [-0.4, -0.2) is 34.9 Å². The minimum atomic E-state index is -0.961. The van der Waals surface area contributed by atoms with Gasteiger partial charge in [0.15, 0.2) is 6.10 Å². The van der Waals surface area contributed by atoms with E-state index in [1.54, 1.807) is 13.0 Å². The lowest BCUT2D eigenvalue weighted by molar-refractivity contribution is -0.174. The van der Waals surface area contributed by atoms with Crippen LogP contribution >= 0.6 is 0 Å². The second kappa shape index (κ2) is 8.25. The van der Waals surface area contributed by atoms with Crippen molar-refractivity contribution in [3.63, 3.8) is 0 Å². The van der Waals surface area contributed by atoms with Crippen LogP contribution in [0.1, 0.15) is 80.6 Å². The number of hydrogen-bond donors (Lipinski definition) is 1. The highest BCUT2D eigenvalue weighted by atomic mass is 16.6. The summed E-state index contributed by atoms with van der Waals surface area (Å²) in [5.74, 6) is -0.813. The lowest BCUT2D eigenvalue weighted by atomic mass is 9.53. The minimum absolute atomic E-state index is 0.0657. The van der Waals surface area contributed by atoms with Crippen molar-refractivity contribution in [1.82, 2.24) is 0 Å². The van der Waals surface area contributed by atoms with E-state index in [9.17, 15) is 14.7 Å². The highest BCUT2D eigenvalue weighted by molar-refractivity contribution is 5.68. The first-order valence-corrected chi connectivity index (χ1v) is 10.7. The molecule has 1 N–H and O–H groups in total. The molecule has 0 saturated heterocycles. The molecular formula is C24H38O5. The van der Waals surface area contributed by atoms with Crippen LogP contribution in [-0.2, 0) is 19.1 Å². The van der Waals surface area contributed by atoms with E-state index in [2.05, 4.69) is 34.3 Å². The molecule has 29 heavy (non-hydrogen) atoms. The molecule has 2 aliphatic carbocycles. The van der Waals surface area contributed by atoms with Crippen LogP contribution in [0.5, 0.6) is 0 Å². The van der Waals surface area contributed by atoms with Gasteiger partial charge in [-0.2, -0.15) is 0 Å². The fraction of sp³-hybridized carbons (Fsp3) is 0.750. The van der Waals surface area contributed by atoms with Crippen molar-refractivity contribution >= 4 is 11.9 Å². The van der Waals surface area contributed by atoms with Gasteiger partial charge in [-0.3, -0.25) is 9.59 Å². The standard InChI is InChI=1S/C24H38O5/c1-9-23(7,27)13-14-24(8)15(2)20(28-16(3)25)21(29-17(4)26)19-18(24)11-10-12-22(19,5)6/h9,15,20-21,27H,1,10-14H2,2-8H3/t15-,20-,21+,23+,24-/m0/s1. The van der Waals surface area contributed by atoms with Crippen LogP contribution in [0.3, 0.4) is 0 Å². The maximum absolute atomic E-state index is 12.0. The van der Waals surface area contributed by atoms with Crippen LogP contribution in [0.2, 0.25) is 0 Å². The van der Waals surface area contributed by atoms with Crippen molar-refractivity contribution in [1.29, 1.82) is 0 Å². The highest BCUT2D eigenvalue weighted by Gasteiger charge is 2.55. The summed E-state index contributed by atoms with van der Waals surface area (Å²) in [5, 5.41) is 10.5. The second-order valence-electron chi connectivity index (χ2n) is 10.0. The van der Waals surface area contributed by atoms with Gasteiger partial charge in [0.1, 0.15) is 6.10 Å². The maximum Gasteiger partial charge on any atom is 0.303 e. The van der Waals surface area contributed by atoms with Gasteiger partial charge < -0.3 is 14.6 Å². The molecule has 5 atom stereocenters. The molecule has 0 saturated carbocycles. The van der Waals surface area contributed by atoms with Gasteiger partial charge in [0, 0.05) is 19.8 Å². The van der Waals surface area contributed by atoms with Crippen molar-refractivity contribution in [2.24, 2.45) is 16.7 Å². The predicted octanol–water partition coefficient (Wildman–Crippen LogP) is 4.73. The van der Waals surface area contributed by atoms with Gasteiger partial charge in [-0.1, -0.05) is 39.3 Å². The molecule has 0 spiro atoms. The van der Waals surface area contributed by atoms with Crippen LogP contribution in [0.25, 0.3) is 0 Å². The molecule has 2 aliphatic rings. The van der Waals surface area contributed by atoms with Crippen LogP contribution in [0, 0.1) is 16.7 Å². The van der Waals surface area contributed by atoms with Crippen molar-refractivity contribution in [2.75, 3.05) is 0 Å². The topological polar surface area (TPSA) is 72.8 Å². The molecule has 0 unspecified atom stereocenters. The average molecular weight is 407 g/mol. The van der Waals surface area contributed by atoms with Crippen molar-refractivity contribution < 1.29 is 24.2 Å². The normalized spacial score (nSPS) is 33.3. The van der Waals surface area contributed by atoms with E-state index in [0.29, 0.717) is 6.42 Å². The lowest BCUT2D eigenvalue weighted by Gasteiger charge is -2.54. The zero-order valence-electron chi connectivity index (χ0n) is 19.1. The summed E-state index contributed by atoms with van der Waals surface area (Å²) >= 11 is 0. The van der Waals surface area contributed by atoms with E-state index in [4.69, 9.17) is 9.47 Å². The third-order valence-corrected chi connectivity index (χ3v) is 7.24. The number of allylic oxidation sites excluding steroid dienone is 1. The van der Waals surface area contributed by atoms with Gasteiger partial charge in [-0.05, 0) is 55.4 Å². The number of carbonyl (C=O) groups excluding carboxylic acids is 2. The van der Waals surface area contributed by atoms with Crippen LogP contribution < -0.4 is 0 Å². The first-order chi connectivity index (χ1) is 13.2. The molecule has 0 amide bonds. The molecule has 5 heteroatoms. The molecule has 0 aromatic heterocycles. The molecule has 5 nitrogen and oxygen atoms in total. The maximum atomic E-state index is 12.0. The summed E-state index contributed by atoms with van der Waals surface area (Å²) in [6.07, 6.45) is 4.74. The van der Waals surface area contributed by atoms with E-state index in [-0.39, 0.29) is 28.7 Å². The smallest absolute Gasteiger partial charge is 0.303 e. The van der Waals surface area contributed by atoms with Gasteiger partial charge in [-0.15, -0.1) is 6.58 Å². The van der Waals surface area contributed by atoms with E-state index < -0.39 is 17.8 Å². The fourth-order valence-electron chi connectivity index (χ4n) is 5.25. The Morgan fingerprint density at radius 1 is 1.24 bits per heavy atom. The Labute approximate surface area is 175 Å². The Balaban J connectivity index is 2.64. The first kappa shape index (κ1) is 23.7. The zero-order chi connectivity index (χ0) is 22.2. The number of rotatable bonds is 6. The Morgan fingerprint density at radius 2 is 1.83 bits per heavy atom. The quantitative estimate of drug-likeness (QED) is 0.510. The Kier molecular flexibility index (Phi) is 6.73. The summed E-state index contributed by atoms with van der Waals surface area (Å²) in [7, 11) is 0. The SMILES string of the molecule is C=C[C@@](C)(O)CC[C@]1(C)C2=C([C@@H](OC(C)=O)[C@@H](OC(C)=O)[C@@H]1C)C(C)(C)CCC2. The third-order valence-electron chi connectivity index (χ3n) is 7.24. The number of aliphatic hydroxyl groups is 1. The summed E-state index contributed by atoms with van der Waals surface area (Å²) in [6, 6.07) is 0. The Morgan fingerprint density at radius 3 is 2.34 bits per heavy atom. The highest BCUT2D eigenvalue weighted by Crippen LogP contribution is 2.58. The molecule has 0 bridgehead atoms. The van der Waals surface area contributed by atoms with Crippen LogP contribution in [0.4, 0.5) is 0 Å². The van der Waals surface area contributed by atoms with Gasteiger partial charge in [-0.25, -0.2) is 0 Å². The third kappa shape index (κ3) is 4.76. The van der Waals surface area contributed by atoms with Crippen molar-refractivity contribution in [3.05, 3.63) is 23.8 Å². The number of esters is 2. The first-order valence-electron chi connectivity index (χ1n) is 10.7. The van der Waals surface area contributed by atoms with Crippen LogP contribution in [0.15, 0.2) is 23.8 Å². The van der Waals surface area contributed by atoms with E-state index in [0.717, 1.165) is 31.3 Å². The predicted molar refractivity (Wildman–Crippen MR) is 113 cm³/mol. The molecule has 2 rings (SSSR count). The number of hydrogen-bond acceptors (Lipinski definition) is 5. The van der Waals surface area contributed by atoms with Crippen molar-refractivity contribution in [3.8, 4) is 0 Å². The van der Waals surface area contributed by atoms with E-state index in [1.165, 1.54) is 19.4 Å². The van der Waals surface area contributed by atoms with Crippen molar-refractivity contribution in [2.45, 2.75) is 98.4 Å². The zero-order valence-corrected chi connectivity index (χ0v) is 19.1. The molecule has 0 heterocycles. The second-order valence-corrected chi connectivity index (χ2v) is 10.0. The molecule has 0 fully saturated rings. The molecule has 164 valence electrons. The van der Waals surface area contributed by atoms with E-state index >= 15 is 0 Å². The Hall–Kier alpha value is -1.62. The number of ether oxygens (including phenoxy) is 2. The largest absolute Gasteiger partial charge is 0.458 e. The summed E-state index contributed by atoms with van der Waals surface area (Å²) in [4.78, 5) is 23.9. The van der Waals surface area contributed by atoms with Gasteiger partial charge in [0.05, 0.1) is 5.60 Å². The molecule has 0 aromatic carbocycles. The molecule has 0 aromatic rings. The van der Waals surface area contributed by atoms with Gasteiger partial charge in [0.25, 0.3) is 0 Å². The monoisotopic (exact) mass is 406 g/mol. The molecular weight excluding hydrogens is 368 g/mol. The number of carbonyl (C=O) groups is 2. The van der Waals surface area contributed by atoms with E-state index in [1.807, 2.05) is 0 Å². The fourth-order valence-corrected chi connectivity index (χ4v) is 5.25. The molecule has 0 radical (unpaired) electrons. The van der Waals surface area contributed by atoms with Gasteiger partial charge in [0.2, 0.25) is 0 Å². The average Bonchev–Trinajstić information content (AvgIpc) is 2.60. The summed E-state index contributed by atoms with van der Waals surface area (Å²) in [5.41, 5.74) is 1.00. The summed E-state index contributed by atoms with van der Waals surface area (Å²) < 4.78 is 11.6. The molecule has 0 aliphatic heterocycles. The lowest BCUT2D eigenvalue weighted by Crippen LogP contribution is -2.55. The Bertz CT molecular complexity index is 702.